The predicted molar refractivity (Wildman–Crippen MR) is 86.3 cm³/mol. The van der Waals surface area contributed by atoms with Crippen molar-refractivity contribution in [1.82, 2.24) is 4.98 Å². The van der Waals surface area contributed by atoms with Crippen molar-refractivity contribution in [2.75, 3.05) is 5.32 Å². The Morgan fingerprint density at radius 2 is 1.95 bits per heavy atom. The average Bonchev–Trinajstić information content (AvgIpc) is 3.03. The number of thiazole rings is 1. The molecule has 0 atom stereocenters. The number of nitrogens with zero attached hydrogens (tertiary/aromatic N) is 1. The summed E-state index contributed by atoms with van der Waals surface area (Å²) in [5, 5.41) is 6.66. The molecule has 0 radical (unpaired) electrons. The van der Waals surface area contributed by atoms with E-state index in [0.29, 0.717) is 17.1 Å². The topological polar surface area (TPSA) is 24.9 Å². The SMILES string of the molecule is Fc1ccc(Cl)cc1CNc1ccc(-c2nccs2)cc1. The summed E-state index contributed by atoms with van der Waals surface area (Å²) in [5.41, 5.74) is 2.55. The maximum absolute atomic E-state index is 13.6. The lowest BCUT2D eigenvalue weighted by Crippen LogP contribution is -2.01. The Bertz CT molecular complexity index is 727. The number of hydrogen-bond acceptors (Lipinski definition) is 3. The van der Waals surface area contributed by atoms with Crippen LogP contribution in [0.2, 0.25) is 5.02 Å². The smallest absolute Gasteiger partial charge is 0.128 e. The van der Waals surface area contributed by atoms with Crippen LogP contribution in [0, 0.1) is 5.82 Å². The molecule has 106 valence electrons. The van der Waals surface area contributed by atoms with Gasteiger partial charge in [-0.1, -0.05) is 11.6 Å². The van der Waals surface area contributed by atoms with Crippen LogP contribution in [0.5, 0.6) is 0 Å². The zero-order chi connectivity index (χ0) is 14.7. The van der Waals surface area contributed by atoms with Crippen LogP contribution in [0.15, 0.2) is 54.0 Å². The van der Waals surface area contributed by atoms with Crippen LogP contribution < -0.4 is 5.32 Å². The number of rotatable bonds is 4. The van der Waals surface area contributed by atoms with Gasteiger partial charge in [-0.3, -0.25) is 0 Å². The largest absolute Gasteiger partial charge is 0.381 e. The molecule has 0 bridgehead atoms. The van der Waals surface area contributed by atoms with Crippen LogP contribution in [0.25, 0.3) is 10.6 Å². The molecule has 1 N–H and O–H groups in total. The van der Waals surface area contributed by atoms with E-state index >= 15 is 0 Å². The van der Waals surface area contributed by atoms with E-state index < -0.39 is 0 Å². The number of anilines is 1. The number of halogens is 2. The number of aromatic nitrogens is 1. The van der Waals surface area contributed by atoms with Gasteiger partial charge in [-0.2, -0.15) is 0 Å². The van der Waals surface area contributed by atoms with Gasteiger partial charge in [0.1, 0.15) is 10.8 Å². The van der Waals surface area contributed by atoms with Gasteiger partial charge in [-0.05, 0) is 42.5 Å². The van der Waals surface area contributed by atoms with Gasteiger partial charge in [0, 0.05) is 40.0 Å². The van der Waals surface area contributed by atoms with Crippen molar-refractivity contribution in [2.24, 2.45) is 0 Å². The molecule has 0 saturated carbocycles. The molecule has 0 fully saturated rings. The van der Waals surface area contributed by atoms with Gasteiger partial charge in [-0.15, -0.1) is 11.3 Å². The summed E-state index contributed by atoms with van der Waals surface area (Å²) in [6.45, 7) is 0.392. The lowest BCUT2D eigenvalue weighted by Gasteiger charge is -2.08. The second kappa shape index (κ2) is 6.24. The summed E-state index contributed by atoms with van der Waals surface area (Å²) < 4.78 is 13.6. The van der Waals surface area contributed by atoms with E-state index in [9.17, 15) is 4.39 Å². The van der Waals surface area contributed by atoms with Crippen molar-refractivity contribution in [3.8, 4) is 10.6 Å². The molecule has 3 rings (SSSR count). The molecule has 0 amide bonds. The highest BCUT2D eigenvalue weighted by atomic mass is 35.5. The summed E-state index contributed by atoms with van der Waals surface area (Å²) in [6.07, 6.45) is 1.79. The first kappa shape index (κ1) is 14.0. The number of nitrogens with one attached hydrogen (secondary N) is 1. The van der Waals surface area contributed by atoms with E-state index in [0.717, 1.165) is 16.3 Å². The molecule has 21 heavy (non-hydrogen) atoms. The zero-order valence-electron chi connectivity index (χ0n) is 11.0. The minimum Gasteiger partial charge on any atom is -0.381 e. The summed E-state index contributed by atoms with van der Waals surface area (Å²) in [6, 6.07) is 12.5. The lowest BCUT2D eigenvalue weighted by molar-refractivity contribution is 0.613. The highest BCUT2D eigenvalue weighted by molar-refractivity contribution is 7.13. The minimum atomic E-state index is -0.258. The lowest BCUT2D eigenvalue weighted by atomic mass is 10.2. The van der Waals surface area contributed by atoms with Crippen LogP contribution in [-0.4, -0.2) is 4.98 Å². The second-order valence-electron chi connectivity index (χ2n) is 4.50. The highest BCUT2D eigenvalue weighted by Crippen LogP contribution is 2.23. The van der Waals surface area contributed by atoms with E-state index in [1.54, 1.807) is 29.7 Å². The molecular formula is C16H12ClFN2S. The van der Waals surface area contributed by atoms with Crippen molar-refractivity contribution >= 4 is 28.6 Å². The Morgan fingerprint density at radius 1 is 1.14 bits per heavy atom. The molecule has 3 aromatic rings. The third-order valence-electron chi connectivity index (χ3n) is 3.05. The fourth-order valence-electron chi connectivity index (χ4n) is 1.97. The Morgan fingerprint density at radius 3 is 2.67 bits per heavy atom. The zero-order valence-corrected chi connectivity index (χ0v) is 12.6. The van der Waals surface area contributed by atoms with E-state index in [2.05, 4.69) is 10.3 Å². The van der Waals surface area contributed by atoms with Crippen molar-refractivity contribution < 1.29 is 4.39 Å². The molecule has 0 aliphatic heterocycles. The maximum atomic E-state index is 13.6. The molecule has 2 aromatic carbocycles. The molecular weight excluding hydrogens is 307 g/mol. The van der Waals surface area contributed by atoms with Crippen molar-refractivity contribution in [1.29, 1.82) is 0 Å². The summed E-state index contributed by atoms with van der Waals surface area (Å²) in [5.74, 6) is -0.258. The van der Waals surface area contributed by atoms with Gasteiger partial charge in [-0.25, -0.2) is 9.37 Å². The summed E-state index contributed by atoms with van der Waals surface area (Å²) in [7, 11) is 0. The standard InChI is InChI=1S/C16H12ClFN2S/c17-13-3-6-15(18)12(9-13)10-20-14-4-1-11(2-5-14)16-19-7-8-21-16/h1-9,20H,10H2. The average molecular weight is 319 g/mol. The molecule has 0 aliphatic rings. The van der Waals surface area contributed by atoms with E-state index in [4.69, 9.17) is 11.6 Å². The fourth-order valence-corrected chi connectivity index (χ4v) is 2.81. The van der Waals surface area contributed by atoms with Crippen molar-refractivity contribution in [2.45, 2.75) is 6.54 Å². The molecule has 1 aromatic heterocycles. The quantitative estimate of drug-likeness (QED) is 0.714. The van der Waals surface area contributed by atoms with Gasteiger partial charge < -0.3 is 5.32 Å². The number of benzene rings is 2. The Hall–Kier alpha value is -1.91. The van der Waals surface area contributed by atoms with Gasteiger partial charge in [0.25, 0.3) is 0 Å². The molecule has 0 aliphatic carbocycles. The van der Waals surface area contributed by atoms with Gasteiger partial charge in [0.15, 0.2) is 0 Å². The maximum Gasteiger partial charge on any atom is 0.128 e. The Labute approximate surface area is 131 Å². The van der Waals surface area contributed by atoms with Crippen LogP contribution >= 0.6 is 22.9 Å². The van der Waals surface area contributed by atoms with Crippen LogP contribution in [0.1, 0.15) is 5.56 Å². The fraction of sp³-hybridized carbons (Fsp3) is 0.0625. The third kappa shape index (κ3) is 3.40. The molecule has 1 heterocycles. The molecule has 0 spiro atoms. The van der Waals surface area contributed by atoms with Gasteiger partial charge in [0.05, 0.1) is 0 Å². The van der Waals surface area contributed by atoms with Crippen molar-refractivity contribution in [3.05, 3.63) is 70.4 Å². The number of hydrogen-bond donors (Lipinski definition) is 1. The first-order valence-electron chi connectivity index (χ1n) is 6.40. The molecule has 0 saturated heterocycles. The molecule has 0 unspecified atom stereocenters. The predicted octanol–water partition coefficient (Wildman–Crippen LogP) is 5.21. The normalized spacial score (nSPS) is 10.6. The van der Waals surface area contributed by atoms with Gasteiger partial charge >= 0.3 is 0 Å². The first-order valence-corrected chi connectivity index (χ1v) is 7.66. The van der Waals surface area contributed by atoms with Crippen molar-refractivity contribution in [3.63, 3.8) is 0 Å². The van der Waals surface area contributed by atoms with E-state index in [1.165, 1.54) is 6.07 Å². The van der Waals surface area contributed by atoms with Crippen LogP contribution in [0.4, 0.5) is 10.1 Å². The molecule has 5 heteroatoms. The highest BCUT2D eigenvalue weighted by Gasteiger charge is 2.04. The minimum absolute atomic E-state index is 0.258. The Kier molecular flexibility index (Phi) is 4.18. The van der Waals surface area contributed by atoms with Crippen LogP contribution in [-0.2, 0) is 6.54 Å². The Balaban J connectivity index is 1.70. The van der Waals surface area contributed by atoms with Gasteiger partial charge in [0.2, 0.25) is 0 Å². The van der Waals surface area contributed by atoms with Crippen LogP contribution in [0.3, 0.4) is 0 Å². The summed E-state index contributed by atoms with van der Waals surface area (Å²) in [4.78, 5) is 4.26. The second-order valence-corrected chi connectivity index (χ2v) is 5.83. The summed E-state index contributed by atoms with van der Waals surface area (Å²) >= 11 is 7.48. The third-order valence-corrected chi connectivity index (χ3v) is 4.11. The first-order chi connectivity index (χ1) is 10.2. The monoisotopic (exact) mass is 318 g/mol. The van der Waals surface area contributed by atoms with E-state index in [-0.39, 0.29) is 5.82 Å². The molecule has 2 nitrogen and oxygen atoms in total. The van der Waals surface area contributed by atoms with E-state index in [1.807, 2.05) is 29.6 Å².